The van der Waals surface area contributed by atoms with Crippen molar-refractivity contribution in [1.29, 1.82) is 0 Å². The summed E-state index contributed by atoms with van der Waals surface area (Å²) in [4.78, 5) is 3.34. The van der Waals surface area contributed by atoms with Gasteiger partial charge >= 0.3 is 0 Å². The van der Waals surface area contributed by atoms with E-state index in [0.29, 0.717) is 3.57 Å². The van der Waals surface area contributed by atoms with Crippen LogP contribution in [0.3, 0.4) is 0 Å². The molecule has 0 aliphatic carbocycles. The lowest BCUT2D eigenvalue weighted by Gasteiger charge is -2.04. The maximum Gasteiger partial charge on any atom is 0.284 e. The second kappa shape index (κ2) is 3.38. The Morgan fingerprint density at radius 1 is 1.58 bits per heavy atom. The molecule has 0 radical (unpaired) electrons. The Morgan fingerprint density at radius 2 is 2.17 bits per heavy atom. The highest BCUT2D eigenvalue weighted by Crippen LogP contribution is 2.29. The molecule has 0 atom stereocenters. The molecule has 1 aromatic heterocycles. The minimum absolute atomic E-state index is 0.00343. The molecule has 12 heavy (non-hydrogen) atoms. The van der Waals surface area contributed by atoms with Gasteiger partial charge in [-0.05, 0) is 28.7 Å². The Kier molecular flexibility index (Phi) is 2.65. The van der Waals surface area contributed by atoms with Gasteiger partial charge in [0, 0.05) is 0 Å². The van der Waals surface area contributed by atoms with E-state index in [1.165, 1.54) is 0 Å². The van der Waals surface area contributed by atoms with Gasteiger partial charge in [-0.15, -0.1) is 0 Å². The van der Waals surface area contributed by atoms with Crippen LogP contribution in [0, 0.1) is 3.57 Å². The summed E-state index contributed by atoms with van der Waals surface area (Å²) < 4.78 is 24.6. The number of hydrogen-bond acceptors (Lipinski definition) is 3. The van der Waals surface area contributed by atoms with E-state index < -0.39 is 17.9 Å². The second-order valence-electron chi connectivity index (χ2n) is 2.06. The number of anilines is 1. The molecule has 0 unspecified atom stereocenters. The van der Waals surface area contributed by atoms with Gasteiger partial charge in [0.05, 0.1) is 3.57 Å². The average molecular weight is 286 g/mol. The van der Waals surface area contributed by atoms with E-state index in [9.17, 15) is 8.78 Å². The molecule has 0 spiro atoms. The van der Waals surface area contributed by atoms with Crippen LogP contribution in [0.2, 0.25) is 0 Å². The van der Waals surface area contributed by atoms with E-state index in [0.717, 1.165) is 6.07 Å². The minimum atomic E-state index is -2.80. The number of alkyl halides is 2. The Morgan fingerprint density at radius 3 is 2.67 bits per heavy atom. The van der Waals surface area contributed by atoms with Crippen molar-refractivity contribution in [3.05, 3.63) is 15.3 Å². The third-order valence-electron chi connectivity index (χ3n) is 1.22. The molecule has 0 aliphatic heterocycles. The van der Waals surface area contributed by atoms with Crippen molar-refractivity contribution in [3.63, 3.8) is 0 Å². The fraction of sp³-hybridized carbons (Fsp3) is 0.167. The van der Waals surface area contributed by atoms with E-state index >= 15 is 0 Å². The molecule has 0 bridgehead atoms. The molecule has 0 amide bonds. The predicted molar refractivity (Wildman–Crippen MR) is 48.0 cm³/mol. The van der Waals surface area contributed by atoms with Crippen LogP contribution in [0.15, 0.2) is 6.07 Å². The first-order valence-corrected chi connectivity index (χ1v) is 4.03. The SMILES string of the molecule is Nc1nc(C(F)F)c(O)cc1I. The number of halogens is 3. The lowest BCUT2D eigenvalue weighted by Crippen LogP contribution is -1.99. The molecule has 1 heterocycles. The molecule has 0 saturated carbocycles. The van der Waals surface area contributed by atoms with Crippen molar-refractivity contribution in [2.75, 3.05) is 5.73 Å². The zero-order valence-electron chi connectivity index (χ0n) is 5.76. The van der Waals surface area contributed by atoms with Crippen molar-refractivity contribution >= 4 is 28.4 Å². The summed E-state index contributed by atoms with van der Waals surface area (Å²) in [5.74, 6) is -0.521. The van der Waals surface area contributed by atoms with Crippen LogP contribution in [-0.4, -0.2) is 10.1 Å². The first-order valence-electron chi connectivity index (χ1n) is 2.95. The van der Waals surface area contributed by atoms with E-state index in [2.05, 4.69) is 4.98 Å². The van der Waals surface area contributed by atoms with E-state index in [1.54, 1.807) is 22.6 Å². The number of nitrogens with two attached hydrogens (primary N) is 1. The summed E-state index contributed by atoms with van der Waals surface area (Å²) in [6, 6.07) is 1.16. The summed E-state index contributed by atoms with van der Waals surface area (Å²) >= 11 is 1.80. The van der Waals surface area contributed by atoms with Crippen LogP contribution < -0.4 is 5.73 Å². The van der Waals surface area contributed by atoms with Gasteiger partial charge in [0.2, 0.25) is 0 Å². The fourth-order valence-corrected chi connectivity index (χ4v) is 1.08. The van der Waals surface area contributed by atoms with Crippen LogP contribution in [0.5, 0.6) is 5.75 Å². The molecule has 0 aromatic carbocycles. The number of nitrogen functional groups attached to an aromatic ring is 1. The van der Waals surface area contributed by atoms with Gasteiger partial charge in [-0.25, -0.2) is 13.8 Å². The standard InChI is InChI=1S/C6H5F2IN2O/c7-5(8)4-3(12)1-2(9)6(10)11-4/h1,5,12H,(H2,10,11). The zero-order valence-corrected chi connectivity index (χ0v) is 7.92. The third kappa shape index (κ3) is 1.74. The van der Waals surface area contributed by atoms with Crippen LogP contribution in [0.4, 0.5) is 14.6 Å². The number of aromatic nitrogens is 1. The van der Waals surface area contributed by atoms with Gasteiger partial charge in [0.15, 0.2) is 5.69 Å². The van der Waals surface area contributed by atoms with Gasteiger partial charge < -0.3 is 10.8 Å². The smallest absolute Gasteiger partial charge is 0.284 e. The maximum absolute atomic E-state index is 12.1. The number of rotatable bonds is 1. The summed E-state index contributed by atoms with van der Waals surface area (Å²) in [6.07, 6.45) is -2.80. The molecule has 1 rings (SSSR count). The van der Waals surface area contributed by atoms with E-state index in [-0.39, 0.29) is 5.82 Å². The predicted octanol–water partition coefficient (Wildman–Crippen LogP) is 1.91. The monoisotopic (exact) mass is 286 g/mol. The van der Waals surface area contributed by atoms with Crippen LogP contribution in [-0.2, 0) is 0 Å². The van der Waals surface area contributed by atoms with Crippen molar-refractivity contribution in [3.8, 4) is 5.75 Å². The Bertz CT molecular complexity index is 306. The third-order valence-corrected chi connectivity index (χ3v) is 2.08. The molecule has 3 nitrogen and oxygen atoms in total. The highest BCUT2D eigenvalue weighted by atomic mass is 127. The van der Waals surface area contributed by atoms with Crippen LogP contribution in [0.1, 0.15) is 12.1 Å². The summed E-state index contributed by atoms with van der Waals surface area (Å²) in [5.41, 5.74) is 4.59. The molecular formula is C6H5F2IN2O. The van der Waals surface area contributed by atoms with Gasteiger partial charge in [0.1, 0.15) is 11.6 Å². The lowest BCUT2D eigenvalue weighted by atomic mass is 10.3. The first-order chi connectivity index (χ1) is 5.52. The van der Waals surface area contributed by atoms with Crippen LogP contribution >= 0.6 is 22.6 Å². The number of aromatic hydroxyl groups is 1. The fourth-order valence-electron chi connectivity index (χ4n) is 0.669. The molecule has 66 valence electrons. The number of pyridine rings is 1. The topological polar surface area (TPSA) is 59.1 Å². The van der Waals surface area contributed by atoms with Gasteiger partial charge in [-0.1, -0.05) is 0 Å². The van der Waals surface area contributed by atoms with Gasteiger partial charge in [-0.3, -0.25) is 0 Å². The molecule has 0 saturated heterocycles. The second-order valence-corrected chi connectivity index (χ2v) is 3.22. The average Bonchev–Trinajstić information content (AvgIpc) is 1.96. The molecule has 0 fully saturated rings. The number of nitrogens with zero attached hydrogens (tertiary/aromatic N) is 1. The Labute approximate surface area is 80.7 Å². The van der Waals surface area contributed by atoms with E-state index in [4.69, 9.17) is 10.8 Å². The highest BCUT2D eigenvalue weighted by Gasteiger charge is 2.16. The Hall–Kier alpha value is -0.660. The number of hydrogen-bond donors (Lipinski definition) is 2. The van der Waals surface area contributed by atoms with Crippen molar-refractivity contribution < 1.29 is 13.9 Å². The van der Waals surface area contributed by atoms with Gasteiger partial charge in [-0.2, -0.15) is 0 Å². The molecule has 1 aromatic rings. The largest absolute Gasteiger partial charge is 0.506 e. The lowest BCUT2D eigenvalue weighted by molar-refractivity contribution is 0.142. The normalized spacial score (nSPS) is 10.7. The van der Waals surface area contributed by atoms with Gasteiger partial charge in [0.25, 0.3) is 6.43 Å². The molecule has 3 N–H and O–H groups in total. The zero-order chi connectivity index (χ0) is 9.30. The first kappa shape index (κ1) is 9.43. The van der Waals surface area contributed by atoms with Crippen LogP contribution in [0.25, 0.3) is 0 Å². The van der Waals surface area contributed by atoms with Crippen molar-refractivity contribution in [1.82, 2.24) is 4.98 Å². The summed E-state index contributed by atoms with van der Waals surface area (Å²) in [7, 11) is 0. The highest BCUT2D eigenvalue weighted by molar-refractivity contribution is 14.1. The molecule has 6 heteroatoms. The van der Waals surface area contributed by atoms with E-state index in [1.807, 2.05) is 0 Å². The molecule has 0 aliphatic rings. The van der Waals surface area contributed by atoms with Crippen molar-refractivity contribution in [2.45, 2.75) is 6.43 Å². The summed E-state index contributed by atoms with van der Waals surface area (Å²) in [6.45, 7) is 0. The maximum atomic E-state index is 12.1. The minimum Gasteiger partial charge on any atom is -0.506 e. The molecular weight excluding hydrogens is 281 g/mol. The van der Waals surface area contributed by atoms with Crippen molar-refractivity contribution in [2.24, 2.45) is 0 Å². The quantitative estimate of drug-likeness (QED) is 0.775. The summed E-state index contributed by atoms with van der Waals surface area (Å²) in [5, 5.41) is 8.98. The Balaban J connectivity index is 3.23.